The molecule has 0 radical (unpaired) electrons. The zero-order chi connectivity index (χ0) is 25.7. The summed E-state index contributed by atoms with van der Waals surface area (Å²) in [6.07, 6.45) is 1.48. The standard InChI is InChI=1S/C25H31N5O5/c1-5-7-13-29-21(26)20(22(31)28-25(29)34)30(14-17-11-9-8-10-12-17)23(32)19-15(3)18(16(4)27-19)24(33)35-6-2/h8-12,27H,5-7,13-14,26H2,1-4H3,(H,28,31,34). The Balaban J connectivity index is 2.19. The number of amides is 1. The number of anilines is 2. The van der Waals surface area contributed by atoms with Crippen molar-refractivity contribution in [2.24, 2.45) is 0 Å². The molecule has 0 bridgehead atoms. The average Bonchev–Trinajstić information content (AvgIpc) is 3.12. The summed E-state index contributed by atoms with van der Waals surface area (Å²) in [5, 5.41) is 0. The van der Waals surface area contributed by atoms with Crippen molar-refractivity contribution in [3.05, 3.63) is 79.2 Å². The van der Waals surface area contributed by atoms with Gasteiger partial charge in [0.15, 0.2) is 5.69 Å². The lowest BCUT2D eigenvalue weighted by molar-refractivity contribution is 0.0525. The van der Waals surface area contributed by atoms with E-state index in [2.05, 4.69) is 9.97 Å². The van der Waals surface area contributed by atoms with Gasteiger partial charge in [-0.1, -0.05) is 43.7 Å². The van der Waals surface area contributed by atoms with E-state index < -0.39 is 23.1 Å². The number of ether oxygens (including phenoxy) is 1. The van der Waals surface area contributed by atoms with Crippen molar-refractivity contribution in [1.29, 1.82) is 0 Å². The molecule has 0 saturated heterocycles. The number of nitrogens with zero attached hydrogens (tertiary/aromatic N) is 2. The minimum Gasteiger partial charge on any atom is -0.462 e. The number of aromatic amines is 2. The van der Waals surface area contributed by atoms with Crippen LogP contribution in [0.25, 0.3) is 0 Å². The SMILES string of the molecule is CCCCn1c(N)c(N(Cc2ccccc2)C(=O)c2[nH]c(C)c(C(=O)OCC)c2C)c(=O)[nH]c1=O. The number of carbonyl (C=O) groups excluding carboxylic acids is 2. The first kappa shape index (κ1) is 25.5. The van der Waals surface area contributed by atoms with Gasteiger partial charge in [-0.3, -0.25) is 24.0 Å². The summed E-state index contributed by atoms with van der Waals surface area (Å²) in [4.78, 5) is 58.3. The van der Waals surface area contributed by atoms with Crippen LogP contribution in [0.4, 0.5) is 11.5 Å². The monoisotopic (exact) mass is 481 g/mol. The predicted molar refractivity (Wildman–Crippen MR) is 134 cm³/mol. The third kappa shape index (κ3) is 5.21. The second-order valence-corrected chi connectivity index (χ2v) is 8.22. The minimum absolute atomic E-state index is 0.0190. The minimum atomic E-state index is -0.768. The molecule has 3 rings (SSSR count). The van der Waals surface area contributed by atoms with Crippen molar-refractivity contribution in [2.75, 3.05) is 17.2 Å². The Bertz CT molecular complexity index is 1340. The van der Waals surface area contributed by atoms with E-state index in [-0.39, 0.29) is 35.9 Å². The first-order valence-corrected chi connectivity index (χ1v) is 11.6. The summed E-state index contributed by atoms with van der Waals surface area (Å²) in [5.41, 5.74) is 6.82. The second-order valence-electron chi connectivity index (χ2n) is 8.22. The number of carbonyl (C=O) groups is 2. The van der Waals surface area contributed by atoms with Crippen LogP contribution in [0.15, 0.2) is 39.9 Å². The molecule has 1 aromatic carbocycles. The molecule has 1 amide bonds. The molecule has 186 valence electrons. The Kier molecular flexibility index (Phi) is 7.95. The fourth-order valence-corrected chi connectivity index (χ4v) is 4.00. The largest absolute Gasteiger partial charge is 0.462 e. The third-order valence-corrected chi connectivity index (χ3v) is 5.78. The summed E-state index contributed by atoms with van der Waals surface area (Å²) in [5.74, 6) is -1.20. The van der Waals surface area contributed by atoms with Crippen molar-refractivity contribution in [2.45, 2.75) is 53.6 Å². The van der Waals surface area contributed by atoms with E-state index in [9.17, 15) is 19.2 Å². The van der Waals surface area contributed by atoms with Crippen LogP contribution < -0.4 is 21.9 Å². The van der Waals surface area contributed by atoms with Crippen LogP contribution in [0.2, 0.25) is 0 Å². The molecule has 2 heterocycles. The smallest absolute Gasteiger partial charge is 0.340 e. The van der Waals surface area contributed by atoms with Gasteiger partial charge in [0.2, 0.25) is 0 Å². The number of hydrogen-bond donors (Lipinski definition) is 3. The van der Waals surface area contributed by atoms with Crippen molar-refractivity contribution < 1.29 is 14.3 Å². The number of aromatic nitrogens is 3. The van der Waals surface area contributed by atoms with Gasteiger partial charge in [0, 0.05) is 12.2 Å². The predicted octanol–water partition coefficient (Wildman–Crippen LogP) is 2.89. The number of nitrogens with one attached hydrogen (secondary N) is 2. The molecule has 10 nitrogen and oxygen atoms in total. The molecule has 0 atom stereocenters. The molecule has 0 spiro atoms. The molecule has 2 aromatic heterocycles. The highest BCUT2D eigenvalue weighted by atomic mass is 16.5. The van der Waals surface area contributed by atoms with E-state index in [1.54, 1.807) is 20.8 Å². The zero-order valence-electron chi connectivity index (χ0n) is 20.4. The maximum absolute atomic E-state index is 13.9. The average molecular weight is 482 g/mol. The van der Waals surface area contributed by atoms with Gasteiger partial charge in [0.1, 0.15) is 11.5 Å². The van der Waals surface area contributed by atoms with Crippen LogP contribution in [0, 0.1) is 13.8 Å². The fraction of sp³-hybridized carbons (Fsp3) is 0.360. The lowest BCUT2D eigenvalue weighted by Crippen LogP contribution is -2.41. The van der Waals surface area contributed by atoms with Crippen molar-refractivity contribution in [3.8, 4) is 0 Å². The summed E-state index contributed by atoms with van der Waals surface area (Å²) in [6, 6.07) is 9.10. The van der Waals surface area contributed by atoms with E-state index in [0.29, 0.717) is 24.2 Å². The van der Waals surface area contributed by atoms with Crippen molar-refractivity contribution >= 4 is 23.4 Å². The third-order valence-electron chi connectivity index (χ3n) is 5.78. The maximum atomic E-state index is 13.9. The lowest BCUT2D eigenvalue weighted by atomic mass is 10.1. The molecule has 0 aliphatic heterocycles. The highest BCUT2D eigenvalue weighted by Gasteiger charge is 2.30. The number of hydrogen-bond acceptors (Lipinski definition) is 6. The number of H-pyrrole nitrogens is 2. The van der Waals surface area contributed by atoms with Gasteiger partial charge in [-0.15, -0.1) is 0 Å². The molecular formula is C25H31N5O5. The molecule has 0 fully saturated rings. The molecular weight excluding hydrogens is 450 g/mol. The number of aryl methyl sites for hydroxylation is 1. The van der Waals surface area contributed by atoms with Gasteiger partial charge >= 0.3 is 11.7 Å². The topological polar surface area (TPSA) is 143 Å². The van der Waals surface area contributed by atoms with Gasteiger partial charge in [-0.2, -0.15) is 0 Å². The number of rotatable bonds is 9. The second kappa shape index (κ2) is 10.9. The van der Waals surface area contributed by atoms with Gasteiger partial charge in [0.25, 0.3) is 11.5 Å². The van der Waals surface area contributed by atoms with Crippen LogP contribution >= 0.6 is 0 Å². The van der Waals surface area contributed by atoms with Crippen LogP contribution in [-0.4, -0.2) is 33.0 Å². The fourth-order valence-electron chi connectivity index (χ4n) is 4.00. The highest BCUT2D eigenvalue weighted by molar-refractivity contribution is 6.09. The molecule has 4 N–H and O–H groups in total. The number of esters is 1. The Hall–Kier alpha value is -4.08. The number of unbranched alkanes of at least 4 members (excludes halogenated alkanes) is 1. The summed E-state index contributed by atoms with van der Waals surface area (Å²) >= 11 is 0. The van der Waals surface area contributed by atoms with Crippen LogP contribution in [0.3, 0.4) is 0 Å². The number of benzene rings is 1. The van der Waals surface area contributed by atoms with Crippen molar-refractivity contribution in [3.63, 3.8) is 0 Å². The number of nitrogen functional groups attached to an aromatic ring is 1. The molecule has 0 unspecified atom stereocenters. The number of nitrogens with two attached hydrogens (primary N) is 1. The van der Waals surface area contributed by atoms with E-state index in [1.807, 2.05) is 37.3 Å². The van der Waals surface area contributed by atoms with Crippen molar-refractivity contribution in [1.82, 2.24) is 14.5 Å². The molecule has 35 heavy (non-hydrogen) atoms. The Morgan fingerprint density at radius 3 is 2.40 bits per heavy atom. The van der Waals surface area contributed by atoms with E-state index >= 15 is 0 Å². The molecule has 0 saturated carbocycles. The normalized spacial score (nSPS) is 10.9. The van der Waals surface area contributed by atoms with Crippen LogP contribution in [-0.2, 0) is 17.8 Å². The highest BCUT2D eigenvalue weighted by Crippen LogP contribution is 2.26. The van der Waals surface area contributed by atoms with Crippen LogP contribution in [0.1, 0.15) is 64.4 Å². The van der Waals surface area contributed by atoms with Gasteiger partial charge < -0.3 is 15.5 Å². The van der Waals surface area contributed by atoms with E-state index in [0.717, 1.165) is 12.0 Å². The van der Waals surface area contributed by atoms with E-state index in [4.69, 9.17) is 10.5 Å². The summed E-state index contributed by atoms with van der Waals surface area (Å²) in [6.45, 7) is 7.49. The molecule has 3 aromatic rings. The first-order valence-electron chi connectivity index (χ1n) is 11.6. The zero-order valence-corrected chi connectivity index (χ0v) is 20.4. The summed E-state index contributed by atoms with van der Waals surface area (Å²) < 4.78 is 6.40. The van der Waals surface area contributed by atoms with Crippen LogP contribution in [0.5, 0.6) is 0 Å². The van der Waals surface area contributed by atoms with E-state index in [1.165, 1.54) is 9.47 Å². The summed E-state index contributed by atoms with van der Waals surface area (Å²) in [7, 11) is 0. The Labute approximate surface area is 202 Å². The Morgan fingerprint density at radius 2 is 1.77 bits per heavy atom. The van der Waals surface area contributed by atoms with Gasteiger partial charge in [0.05, 0.1) is 18.7 Å². The Morgan fingerprint density at radius 1 is 1.09 bits per heavy atom. The first-order chi connectivity index (χ1) is 16.7. The molecule has 10 heteroatoms. The van der Waals surface area contributed by atoms with Gasteiger partial charge in [-0.25, -0.2) is 9.59 Å². The lowest BCUT2D eigenvalue weighted by Gasteiger charge is -2.24. The quantitative estimate of drug-likeness (QED) is 0.401. The molecule has 0 aliphatic rings. The maximum Gasteiger partial charge on any atom is 0.340 e. The van der Waals surface area contributed by atoms with Gasteiger partial charge in [-0.05, 0) is 38.3 Å². The molecule has 0 aliphatic carbocycles.